The summed E-state index contributed by atoms with van der Waals surface area (Å²) in [4.78, 5) is 0. The van der Waals surface area contributed by atoms with Gasteiger partial charge >= 0.3 is 0 Å². The number of rotatable bonds is 7. The third-order valence-electron chi connectivity index (χ3n) is 4.19. The van der Waals surface area contributed by atoms with E-state index < -0.39 is 0 Å². The van der Waals surface area contributed by atoms with Crippen LogP contribution in [-0.2, 0) is 4.74 Å². The molecule has 106 valence electrons. The molecular weight excluding hydrogens is 246 g/mol. The Kier molecular flexibility index (Phi) is 6.29. The number of nitrogens with one attached hydrogen (secondary N) is 1. The number of aliphatic hydroxyl groups is 1. The molecule has 0 aromatic carbocycles. The van der Waals surface area contributed by atoms with Gasteiger partial charge in [-0.25, -0.2) is 0 Å². The first-order valence-electron chi connectivity index (χ1n) is 7.33. The van der Waals surface area contributed by atoms with Crippen molar-refractivity contribution in [1.82, 2.24) is 5.32 Å². The normalized spacial score (nSPS) is 31.0. The van der Waals surface area contributed by atoms with Gasteiger partial charge in [0.2, 0.25) is 0 Å². The van der Waals surface area contributed by atoms with E-state index >= 15 is 0 Å². The molecule has 3 atom stereocenters. The van der Waals surface area contributed by atoms with Gasteiger partial charge in [-0.05, 0) is 38.4 Å². The Morgan fingerprint density at radius 1 is 1.28 bits per heavy atom. The van der Waals surface area contributed by atoms with Crippen molar-refractivity contribution < 1.29 is 9.84 Å². The van der Waals surface area contributed by atoms with Crippen LogP contribution < -0.4 is 5.32 Å². The van der Waals surface area contributed by atoms with Crippen LogP contribution in [0.5, 0.6) is 0 Å². The molecule has 0 bridgehead atoms. The Morgan fingerprint density at radius 2 is 2.06 bits per heavy atom. The van der Waals surface area contributed by atoms with Crippen molar-refractivity contribution in [3.8, 4) is 0 Å². The molecule has 4 heteroatoms. The Labute approximate surface area is 115 Å². The third-order valence-corrected chi connectivity index (χ3v) is 5.28. The zero-order chi connectivity index (χ0) is 12.8. The summed E-state index contributed by atoms with van der Waals surface area (Å²) >= 11 is 1.97. The fourth-order valence-corrected chi connectivity index (χ4v) is 3.80. The molecule has 2 N–H and O–H groups in total. The monoisotopic (exact) mass is 273 g/mol. The molecule has 0 aromatic rings. The Balaban J connectivity index is 1.53. The van der Waals surface area contributed by atoms with Gasteiger partial charge in [-0.15, -0.1) is 0 Å². The predicted octanol–water partition coefficient (Wildman–Crippen LogP) is 2.18. The average molecular weight is 273 g/mol. The number of hydrogen-bond donors (Lipinski definition) is 2. The van der Waals surface area contributed by atoms with E-state index in [1.807, 2.05) is 11.8 Å². The van der Waals surface area contributed by atoms with Gasteiger partial charge in [0.1, 0.15) is 0 Å². The van der Waals surface area contributed by atoms with Crippen LogP contribution in [-0.4, -0.2) is 48.0 Å². The minimum atomic E-state index is -0.348. The van der Waals surface area contributed by atoms with Crippen molar-refractivity contribution in [3.63, 3.8) is 0 Å². The van der Waals surface area contributed by atoms with Crippen molar-refractivity contribution in [2.75, 3.05) is 19.4 Å². The van der Waals surface area contributed by atoms with Gasteiger partial charge in [-0.3, -0.25) is 0 Å². The predicted molar refractivity (Wildman–Crippen MR) is 77.2 cm³/mol. The Morgan fingerprint density at radius 3 is 2.72 bits per heavy atom. The van der Waals surface area contributed by atoms with Crippen LogP contribution in [0.1, 0.15) is 44.9 Å². The molecule has 0 amide bonds. The maximum absolute atomic E-state index is 9.90. The van der Waals surface area contributed by atoms with Crippen LogP contribution >= 0.6 is 11.8 Å². The smallest absolute Gasteiger partial charge is 0.0897 e. The van der Waals surface area contributed by atoms with E-state index in [4.69, 9.17) is 4.74 Å². The highest BCUT2D eigenvalue weighted by Gasteiger charge is 2.24. The first-order valence-corrected chi connectivity index (χ1v) is 8.62. The molecule has 2 rings (SSSR count). The van der Waals surface area contributed by atoms with E-state index in [1.54, 1.807) is 0 Å². The highest BCUT2D eigenvalue weighted by Crippen LogP contribution is 2.28. The quantitative estimate of drug-likeness (QED) is 0.746. The molecular formula is C14H27NO2S. The first kappa shape index (κ1) is 14.6. The molecule has 0 saturated heterocycles. The van der Waals surface area contributed by atoms with Crippen molar-refractivity contribution in [2.45, 2.75) is 68.4 Å². The van der Waals surface area contributed by atoms with Crippen molar-refractivity contribution in [1.29, 1.82) is 0 Å². The van der Waals surface area contributed by atoms with Crippen LogP contribution in [0, 0.1) is 0 Å². The van der Waals surface area contributed by atoms with E-state index in [9.17, 15) is 5.11 Å². The average Bonchev–Trinajstić information content (AvgIpc) is 3.04. The number of ether oxygens (including phenoxy) is 1. The fourth-order valence-electron chi connectivity index (χ4n) is 3.00. The topological polar surface area (TPSA) is 41.5 Å². The number of thioether (sulfide) groups is 1. The van der Waals surface area contributed by atoms with Gasteiger partial charge in [0, 0.05) is 17.8 Å². The summed E-state index contributed by atoms with van der Waals surface area (Å²) in [5, 5.41) is 14.2. The Bertz CT molecular complexity index is 234. The third kappa shape index (κ3) is 4.72. The number of hydrogen-bond acceptors (Lipinski definition) is 4. The molecule has 0 aromatic heterocycles. The van der Waals surface area contributed by atoms with Gasteiger partial charge < -0.3 is 15.2 Å². The van der Waals surface area contributed by atoms with Crippen LogP contribution in [0.2, 0.25) is 0 Å². The summed E-state index contributed by atoms with van der Waals surface area (Å²) in [5.74, 6) is 0. The largest absolute Gasteiger partial charge is 0.389 e. The summed E-state index contributed by atoms with van der Waals surface area (Å²) in [5.41, 5.74) is 0. The highest BCUT2D eigenvalue weighted by molar-refractivity contribution is 7.99. The zero-order valence-electron chi connectivity index (χ0n) is 11.4. The van der Waals surface area contributed by atoms with Crippen molar-refractivity contribution >= 4 is 11.8 Å². The molecule has 2 fully saturated rings. The summed E-state index contributed by atoms with van der Waals surface area (Å²) < 4.78 is 5.73. The minimum absolute atomic E-state index is 0.348. The standard InChI is InChI=1S/C14H27NO2S/c1-18-14-7-6-11(8-14)15-9-12(16)10-17-13-4-2-3-5-13/h11-16H,2-10H2,1H3. The summed E-state index contributed by atoms with van der Waals surface area (Å²) in [6, 6.07) is 0.601. The van der Waals surface area contributed by atoms with Gasteiger partial charge in [-0.2, -0.15) is 11.8 Å². The zero-order valence-corrected chi connectivity index (χ0v) is 12.3. The molecule has 3 nitrogen and oxygen atoms in total. The van der Waals surface area contributed by atoms with Crippen LogP contribution in [0.3, 0.4) is 0 Å². The second-order valence-electron chi connectivity index (χ2n) is 5.67. The maximum atomic E-state index is 9.90. The molecule has 0 aliphatic heterocycles. The molecule has 0 radical (unpaired) electrons. The van der Waals surface area contributed by atoms with E-state index in [2.05, 4.69) is 11.6 Å². The second-order valence-corrected chi connectivity index (χ2v) is 6.81. The lowest BCUT2D eigenvalue weighted by atomic mass is 10.2. The van der Waals surface area contributed by atoms with Gasteiger partial charge in [0.15, 0.2) is 0 Å². The lowest BCUT2D eigenvalue weighted by Gasteiger charge is -2.18. The highest BCUT2D eigenvalue weighted by atomic mass is 32.2. The number of aliphatic hydroxyl groups excluding tert-OH is 1. The molecule has 0 spiro atoms. The lowest BCUT2D eigenvalue weighted by molar-refractivity contribution is -0.00616. The SMILES string of the molecule is CSC1CCC(NCC(O)COC2CCCC2)C1. The van der Waals surface area contributed by atoms with Gasteiger partial charge in [-0.1, -0.05) is 12.8 Å². The van der Waals surface area contributed by atoms with Crippen molar-refractivity contribution in [3.05, 3.63) is 0 Å². The summed E-state index contributed by atoms with van der Waals surface area (Å²) in [6.07, 6.45) is 11.0. The van der Waals surface area contributed by atoms with E-state index in [-0.39, 0.29) is 6.10 Å². The fraction of sp³-hybridized carbons (Fsp3) is 1.00. The van der Waals surface area contributed by atoms with Crippen molar-refractivity contribution in [2.24, 2.45) is 0 Å². The molecule has 18 heavy (non-hydrogen) atoms. The maximum Gasteiger partial charge on any atom is 0.0897 e. The molecule has 2 saturated carbocycles. The molecule has 2 aliphatic carbocycles. The summed E-state index contributed by atoms with van der Waals surface area (Å²) in [6.45, 7) is 1.18. The lowest BCUT2D eigenvalue weighted by Crippen LogP contribution is -2.37. The second kappa shape index (κ2) is 7.73. The first-order chi connectivity index (χ1) is 8.78. The molecule has 3 unspecified atom stereocenters. The van der Waals surface area contributed by atoms with Crippen LogP contribution in [0.15, 0.2) is 0 Å². The van der Waals surface area contributed by atoms with E-state index in [0.717, 1.165) is 5.25 Å². The van der Waals surface area contributed by atoms with Gasteiger partial charge in [0.25, 0.3) is 0 Å². The van der Waals surface area contributed by atoms with Crippen LogP contribution in [0.4, 0.5) is 0 Å². The Hall–Kier alpha value is 0.230. The van der Waals surface area contributed by atoms with E-state index in [1.165, 1.54) is 44.9 Å². The summed E-state index contributed by atoms with van der Waals surface area (Å²) in [7, 11) is 0. The van der Waals surface area contributed by atoms with Crippen LogP contribution in [0.25, 0.3) is 0 Å². The molecule has 0 heterocycles. The van der Waals surface area contributed by atoms with E-state index in [0.29, 0.717) is 25.3 Å². The molecule has 2 aliphatic rings. The van der Waals surface area contributed by atoms with Gasteiger partial charge in [0.05, 0.1) is 18.8 Å². The minimum Gasteiger partial charge on any atom is -0.389 e.